The minimum atomic E-state index is -0.0188. The third kappa shape index (κ3) is 41.9. The SMILES string of the molecule is CN(C)CCCOC(=O)CCCCCCCCCCCC[C@H]1C=CCC1.CN(C)CCCOC(=O)CCCCCCCCCC[C@H]1C=CCC1.[CH2]CCN(C)C. The van der Waals surface area contributed by atoms with E-state index in [1.54, 1.807) is 0 Å². The molecule has 0 saturated heterocycles. The molecular weight excluding hydrogens is 695 g/mol. The monoisotopic (exact) mass is 789 g/mol. The molecule has 0 fully saturated rings. The molecule has 0 unspecified atom stereocenters. The third-order valence-electron chi connectivity index (χ3n) is 10.8. The zero-order valence-electron chi connectivity index (χ0n) is 38.2. The van der Waals surface area contributed by atoms with E-state index in [1.165, 1.54) is 141 Å². The number of carbonyl (C=O) groups excluding carboxylic acids is 2. The summed E-state index contributed by atoms with van der Waals surface area (Å²) in [6.07, 6.45) is 45.2. The van der Waals surface area contributed by atoms with Gasteiger partial charge >= 0.3 is 11.9 Å². The Morgan fingerprint density at radius 3 is 1.07 bits per heavy atom. The zero-order chi connectivity index (χ0) is 41.3. The van der Waals surface area contributed by atoms with Crippen LogP contribution in [0.2, 0.25) is 0 Å². The van der Waals surface area contributed by atoms with E-state index in [2.05, 4.69) is 45.9 Å². The quantitative estimate of drug-likeness (QED) is 0.0365. The standard InChI is InChI=1S/C23H43NO2.C21H39NO2.C5H12N/c1-24(2)20-15-21-26-23(25)19-12-10-8-6-4-3-5-7-9-11-16-22-17-13-14-18-22;1-22(2)18-13-19-24-21(23)17-10-8-6-4-3-5-7-9-14-20-15-11-12-16-20;1-4-5-6(2)3/h13,17,22H,3-12,14-16,18-21H2,1-2H3;11,15,20H,3-10,12-14,16-19H2,1-2H3;1,4-5H2,2-3H3/t22-;20-;/m00./s1. The lowest BCUT2D eigenvalue weighted by Gasteiger charge is -2.09. The van der Waals surface area contributed by atoms with Crippen molar-refractivity contribution in [3.05, 3.63) is 31.2 Å². The van der Waals surface area contributed by atoms with Crippen molar-refractivity contribution in [3.8, 4) is 0 Å². The predicted molar refractivity (Wildman–Crippen MR) is 242 cm³/mol. The molecule has 0 spiro atoms. The van der Waals surface area contributed by atoms with Gasteiger partial charge in [-0.15, -0.1) is 0 Å². The number of rotatable bonds is 34. The van der Waals surface area contributed by atoms with Gasteiger partial charge in [0.05, 0.1) is 13.2 Å². The second kappa shape index (κ2) is 41.5. The molecule has 329 valence electrons. The molecular formula is C49H94N3O4. The van der Waals surface area contributed by atoms with Gasteiger partial charge in [-0.3, -0.25) is 9.59 Å². The minimum Gasteiger partial charge on any atom is -0.466 e. The van der Waals surface area contributed by atoms with Crippen LogP contribution < -0.4 is 0 Å². The number of allylic oxidation sites excluding steroid dienone is 4. The normalized spacial score (nSPS) is 16.0. The Bertz CT molecular complexity index is 919. The average molecular weight is 789 g/mol. The Labute approximate surface area is 349 Å². The summed E-state index contributed by atoms with van der Waals surface area (Å²) in [6.45, 7) is 7.86. The van der Waals surface area contributed by atoms with E-state index < -0.39 is 0 Å². The third-order valence-corrected chi connectivity index (χ3v) is 10.8. The summed E-state index contributed by atoms with van der Waals surface area (Å²) < 4.78 is 10.5. The molecule has 1 radical (unpaired) electrons. The van der Waals surface area contributed by atoms with Crippen LogP contribution in [-0.2, 0) is 19.1 Å². The van der Waals surface area contributed by atoms with Crippen molar-refractivity contribution in [1.29, 1.82) is 0 Å². The van der Waals surface area contributed by atoms with Crippen LogP contribution in [0.3, 0.4) is 0 Å². The van der Waals surface area contributed by atoms with Crippen molar-refractivity contribution >= 4 is 11.9 Å². The van der Waals surface area contributed by atoms with Crippen LogP contribution >= 0.6 is 0 Å². The van der Waals surface area contributed by atoms with E-state index in [0.717, 1.165) is 63.6 Å². The maximum absolute atomic E-state index is 11.6. The number of esters is 2. The van der Waals surface area contributed by atoms with E-state index in [4.69, 9.17) is 9.47 Å². The van der Waals surface area contributed by atoms with Gasteiger partial charge in [0.2, 0.25) is 0 Å². The second-order valence-corrected chi connectivity index (χ2v) is 17.4. The number of unbranched alkanes of at least 4 members (excludes halogenated alkanes) is 16. The van der Waals surface area contributed by atoms with Crippen molar-refractivity contribution in [2.24, 2.45) is 11.8 Å². The van der Waals surface area contributed by atoms with Crippen LogP contribution in [0.4, 0.5) is 0 Å². The molecule has 0 amide bonds. The van der Waals surface area contributed by atoms with Gasteiger partial charge in [-0.1, -0.05) is 134 Å². The molecule has 2 aliphatic carbocycles. The Morgan fingerprint density at radius 2 is 0.804 bits per heavy atom. The number of carbonyl (C=O) groups is 2. The highest BCUT2D eigenvalue weighted by atomic mass is 16.5. The van der Waals surface area contributed by atoms with Crippen LogP contribution in [0.15, 0.2) is 24.3 Å². The van der Waals surface area contributed by atoms with Crippen molar-refractivity contribution in [1.82, 2.24) is 14.7 Å². The molecule has 2 aliphatic rings. The first kappa shape index (κ1) is 54.3. The maximum Gasteiger partial charge on any atom is 0.305 e. The van der Waals surface area contributed by atoms with Gasteiger partial charge in [0.15, 0.2) is 0 Å². The number of ether oxygens (including phenoxy) is 2. The molecule has 56 heavy (non-hydrogen) atoms. The first-order valence-electron chi connectivity index (χ1n) is 23.5. The van der Waals surface area contributed by atoms with Gasteiger partial charge in [-0.2, -0.15) is 0 Å². The van der Waals surface area contributed by atoms with Crippen molar-refractivity contribution in [2.75, 3.05) is 75.1 Å². The van der Waals surface area contributed by atoms with Gasteiger partial charge in [0, 0.05) is 25.9 Å². The molecule has 0 bridgehead atoms. The summed E-state index contributed by atoms with van der Waals surface area (Å²) in [6, 6.07) is 0. The highest BCUT2D eigenvalue weighted by Crippen LogP contribution is 2.24. The molecule has 0 heterocycles. The highest BCUT2D eigenvalue weighted by molar-refractivity contribution is 5.69. The summed E-state index contributed by atoms with van der Waals surface area (Å²) in [7, 11) is 12.2. The lowest BCUT2D eigenvalue weighted by molar-refractivity contribution is -0.144. The summed E-state index contributed by atoms with van der Waals surface area (Å²) in [5.41, 5.74) is 0. The average Bonchev–Trinajstić information content (AvgIpc) is 3.89. The summed E-state index contributed by atoms with van der Waals surface area (Å²) in [5, 5.41) is 0. The lowest BCUT2D eigenvalue weighted by atomic mass is 9.99. The molecule has 2 atom stereocenters. The zero-order valence-corrected chi connectivity index (χ0v) is 38.2. The first-order chi connectivity index (χ1) is 27.1. The first-order valence-corrected chi connectivity index (χ1v) is 23.5. The van der Waals surface area contributed by atoms with Crippen molar-refractivity contribution in [2.45, 2.75) is 186 Å². The Balaban J connectivity index is 0.000000944. The molecule has 7 nitrogen and oxygen atoms in total. The minimum absolute atomic E-state index is 0.0168. The fourth-order valence-corrected chi connectivity index (χ4v) is 7.29. The van der Waals surface area contributed by atoms with Crippen LogP contribution in [0.1, 0.15) is 186 Å². The van der Waals surface area contributed by atoms with Crippen LogP contribution in [-0.4, -0.2) is 102 Å². The number of hydrogen-bond donors (Lipinski definition) is 0. The molecule has 0 aromatic carbocycles. The van der Waals surface area contributed by atoms with Gasteiger partial charge in [0.1, 0.15) is 0 Å². The van der Waals surface area contributed by atoms with E-state index in [1.807, 2.05) is 42.3 Å². The van der Waals surface area contributed by atoms with Gasteiger partial charge in [0.25, 0.3) is 0 Å². The number of hydrogen-bond acceptors (Lipinski definition) is 7. The van der Waals surface area contributed by atoms with Crippen molar-refractivity contribution in [3.63, 3.8) is 0 Å². The summed E-state index contributed by atoms with van der Waals surface area (Å²) in [5.74, 6) is 1.74. The Hall–Kier alpha value is -1.70. The van der Waals surface area contributed by atoms with E-state index in [-0.39, 0.29) is 11.9 Å². The molecule has 7 heteroatoms. The lowest BCUT2D eigenvalue weighted by Crippen LogP contribution is -2.16. The highest BCUT2D eigenvalue weighted by Gasteiger charge is 2.09. The fraction of sp³-hybridized carbons (Fsp3) is 0.857. The molecule has 2 rings (SSSR count). The van der Waals surface area contributed by atoms with E-state index in [9.17, 15) is 9.59 Å². The second-order valence-electron chi connectivity index (χ2n) is 17.4. The molecule has 0 aliphatic heterocycles. The smallest absolute Gasteiger partial charge is 0.305 e. The fourth-order valence-electron chi connectivity index (χ4n) is 7.29. The topological polar surface area (TPSA) is 62.3 Å². The Kier molecular flexibility index (Phi) is 40.2. The Morgan fingerprint density at radius 1 is 0.482 bits per heavy atom. The molecule has 0 aromatic rings. The van der Waals surface area contributed by atoms with Gasteiger partial charge < -0.3 is 24.2 Å². The summed E-state index contributed by atoms with van der Waals surface area (Å²) in [4.78, 5) is 29.5. The van der Waals surface area contributed by atoms with Gasteiger partial charge in [-0.25, -0.2) is 0 Å². The van der Waals surface area contributed by atoms with Crippen LogP contribution in [0.5, 0.6) is 0 Å². The largest absolute Gasteiger partial charge is 0.466 e. The van der Waals surface area contributed by atoms with Gasteiger partial charge in [-0.05, 0) is 131 Å². The summed E-state index contributed by atoms with van der Waals surface area (Å²) >= 11 is 0. The van der Waals surface area contributed by atoms with Crippen molar-refractivity contribution < 1.29 is 19.1 Å². The number of nitrogens with zero attached hydrogens (tertiary/aromatic N) is 3. The molecule has 0 N–H and O–H groups in total. The molecule has 0 saturated carbocycles. The van der Waals surface area contributed by atoms with E-state index >= 15 is 0 Å². The van der Waals surface area contributed by atoms with Crippen LogP contribution in [0, 0.1) is 18.8 Å². The maximum atomic E-state index is 11.6. The van der Waals surface area contributed by atoms with E-state index in [0.29, 0.717) is 26.1 Å². The molecule has 0 aromatic heterocycles. The predicted octanol–water partition coefficient (Wildman–Crippen LogP) is 12.2. The van der Waals surface area contributed by atoms with Crippen LogP contribution in [0.25, 0.3) is 0 Å².